The van der Waals surface area contributed by atoms with Gasteiger partial charge in [-0.25, -0.2) is 4.98 Å². The molecule has 2 aromatic carbocycles. The Morgan fingerprint density at radius 3 is 2.50 bits per heavy atom. The van der Waals surface area contributed by atoms with Gasteiger partial charge in [-0.1, -0.05) is 18.2 Å². The van der Waals surface area contributed by atoms with Crippen LogP contribution in [0.4, 0.5) is 0 Å². The first-order valence-corrected chi connectivity index (χ1v) is 10.2. The number of aromatic nitrogens is 2. The Balaban J connectivity index is 1.61. The van der Waals surface area contributed by atoms with Crippen LogP contribution >= 0.6 is 0 Å². The van der Waals surface area contributed by atoms with Gasteiger partial charge in [-0.05, 0) is 53.6 Å². The summed E-state index contributed by atoms with van der Waals surface area (Å²) in [5.74, 6) is 2.02. The smallest absolute Gasteiger partial charge is 0.225 e. The summed E-state index contributed by atoms with van der Waals surface area (Å²) in [6, 6.07) is 11.6. The van der Waals surface area contributed by atoms with Gasteiger partial charge in [0.2, 0.25) is 5.91 Å². The summed E-state index contributed by atoms with van der Waals surface area (Å²) < 4.78 is 12.7. The van der Waals surface area contributed by atoms with Crippen LogP contribution in [0.2, 0.25) is 0 Å². The Bertz CT molecular complexity index is 1040. The Hall–Kier alpha value is -3.28. The van der Waals surface area contributed by atoms with Crippen molar-refractivity contribution in [1.82, 2.24) is 14.9 Å². The number of carbonyl (C=O) groups is 1. The molecule has 0 fully saturated rings. The zero-order valence-electron chi connectivity index (χ0n) is 17.6. The number of methoxy groups -OCH3 is 2. The Morgan fingerprint density at radius 1 is 1.10 bits per heavy atom. The highest BCUT2D eigenvalue weighted by Gasteiger charge is 2.23. The number of rotatable bonds is 7. The fourth-order valence-corrected chi connectivity index (χ4v) is 4.08. The maximum absolute atomic E-state index is 13.0. The van der Waals surface area contributed by atoms with E-state index < -0.39 is 6.04 Å². The molecule has 1 amide bonds. The van der Waals surface area contributed by atoms with E-state index in [2.05, 4.69) is 28.5 Å². The minimum Gasteiger partial charge on any atom is -0.497 e. The van der Waals surface area contributed by atoms with Gasteiger partial charge in [-0.3, -0.25) is 4.79 Å². The van der Waals surface area contributed by atoms with Crippen LogP contribution < -0.4 is 14.8 Å². The van der Waals surface area contributed by atoms with Crippen LogP contribution in [0.1, 0.15) is 40.5 Å². The summed E-state index contributed by atoms with van der Waals surface area (Å²) in [7, 11) is 5.14. The highest BCUT2D eigenvalue weighted by molar-refractivity contribution is 5.79. The van der Waals surface area contributed by atoms with Crippen molar-refractivity contribution in [2.75, 3.05) is 14.2 Å². The molecule has 6 heteroatoms. The highest BCUT2D eigenvalue weighted by Crippen LogP contribution is 2.30. The molecule has 1 aliphatic rings. The molecule has 1 unspecified atom stereocenters. The molecular weight excluding hydrogens is 378 g/mol. The second-order valence-electron chi connectivity index (χ2n) is 7.68. The number of imidazole rings is 1. The number of hydrogen-bond acceptors (Lipinski definition) is 4. The highest BCUT2D eigenvalue weighted by atomic mass is 16.5. The van der Waals surface area contributed by atoms with Crippen molar-refractivity contribution in [2.45, 2.75) is 31.7 Å². The minimum atomic E-state index is -0.420. The molecule has 0 bridgehead atoms. The zero-order valence-corrected chi connectivity index (χ0v) is 17.6. The van der Waals surface area contributed by atoms with E-state index >= 15 is 0 Å². The third-order valence-electron chi connectivity index (χ3n) is 5.66. The third-order valence-corrected chi connectivity index (χ3v) is 5.66. The van der Waals surface area contributed by atoms with Gasteiger partial charge >= 0.3 is 0 Å². The van der Waals surface area contributed by atoms with Crippen LogP contribution in [0, 0.1) is 0 Å². The largest absolute Gasteiger partial charge is 0.497 e. The number of benzene rings is 2. The zero-order chi connectivity index (χ0) is 21.1. The predicted octanol–water partition coefficient (Wildman–Crippen LogP) is 3.37. The Kier molecular flexibility index (Phi) is 5.74. The van der Waals surface area contributed by atoms with E-state index in [0.717, 1.165) is 29.8 Å². The number of amides is 1. The summed E-state index contributed by atoms with van der Waals surface area (Å²) in [5.41, 5.74) is 4.67. The van der Waals surface area contributed by atoms with Crippen LogP contribution in [0.15, 0.2) is 48.8 Å². The van der Waals surface area contributed by atoms with Crippen molar-refractivity contribution in [2.24, 2.45) is 7.05 Å². The van der Waals surface area contributed by atoms with Gasteiger partial charge in [0.05, 0.1) is 20.6 Å². The summed E-state index contributed by atoms with van der Waals surface area (Å²) in [5, 5.41) is 3.16. The van der Waals surface area contributed by atoms with Crippen LogP contribution in [0.3, 0.4) is 0 Å². The summed E-state index contributed by atoms with van der Waals surface area (Å²) in [6.07, 6.45) is 7.36. The lowest BCUT2D eigenvalue weighted by Gasteiger charge is -2.21. The molecule has 4 rings (SSSR count). The van der Waals surface area contributed by atoms with E-state index in [1.807, 2.05) is 36.0 Å². The number of hydrogen-bond donors (Lipinski definition) is 1. The fraction of sp³-hybridized carbons (Fsp3) is 0.333. The molecule has 30 heavy (non-hydrogen) atoms. The molecule has 0 saturated heterocycles. The van der Waals surface area contributed by atoms with Gasteiger partial charge in [-0.15, -0.1) is 0 Å². The quantitative estimate of drug-likeness (QED) is 0.655. The number of nitrogens with zero attached hydrogens (tertiary/aromatic N) is 2. The third kappa shape index (κ3) is 4.17. The maximum Gasteiger partial charge on any atom is 0.225 e. The number of ether oxygens (including phenoxy) is 2. The molecule has 1 aromatic heterocycles. The molecule has 3 aromatic rings. The monoisotopic (exact) mass is 405 g/mol. The van der Waals surface area contributed by atoms with Crippen molar-refractivity contribution in [1.29, 1.82) is 0 Å². The van der Waals surface area contributed by atoms with Crippen LogP contribution in [0.5, 0.6) is 11.5 Å². The number of carbonyl (C=O) groups excluding carboxylic acids is 1. The van der Waals surface area contributed by atoms with Gasteiger partial charge in [0.1, 0.15) is 23.4 Å². The van der Waals surface area contributed by atoms with Gasteiger partial charge < -0.3 is 19.4 Å². The molecule has 0 radical (unpaired) electrons. The molecule has 156 valence electrons. The minimum absolute atomic E-state index is 0.0530. The number of nitrogens with one attached hydrogen (secondary N) is 1. The van der Waals surface area contributed by atoms with E-state index in [0.29, 0.717) is 17.9 Å². The van der Waals surface area contributed by atoms with Crippen molar-refractivity contribution >= 4 is 5.91 Å². The summed E-state index contributed by atoms with van der Waals surface area (Å²) in [4.78, 5) is 17.5. The Labute approximate surface area is 176 Å². The molecule has 6 nitrogen and oxygen atoms in total. The molecule has 1 N–H and O–H groups in total. The first kappa shape index (κ1) is 20.0. The lowest BCUT2D eigenvalue weighted by Crippen LogP contribution is -2.32. The van der Waals surface area contributed by atoms with E-state index in [1.165, 1.54) is 17.5 Å². The lowest BCUT2D eigenvalue weighted by molar-refractivity contribution is -0.121. The normalized spacial score (nSPS) is 13.6. The topological polar surface area (TPSA) is 65.4 Å². The van der Waals surface area contributed by atoms with Crippen molar-refractivity contribution in [3.8, 4) is 11.5 Å². The van der Waals surface area contributed by atoms with Crippen molar-refractivity contribution < 1.29 is 14.3 Å². The number of aryl methyl sites for hydroxylation is 3. The molecule has 0 spiro atoms. The van der Waals surface area contributed by atoms with E-state index in [9.17, 15) is 4.79 Å². The van der Waals surface area contributed by atoms with E-state index in [-0.39, 0.29) is 5.91 Å². The average molecular weight is 405 g/mol. The van der Waals surface area contributed by atoms with Crippen molar-refractivity contribution in [3.05, 3.63) is 76.9 Å². The summed E-state index contributed by atoms with van der Waals surface area (Å²) >= 11 is 0. The fourth-order valence-electron chi connectivity index (χ4n) is 4.08. The van der Waals surface area contributed by atoms with Crippen LogP contribution in [0.25, 0.3) is 0 Å². The SMILES string of the molecule is COc1cc(OC)cc(C(NC(=O)Cc2ccc3c(c2)CCC3)c2nccn2C)c1. The maximum atomic E-state index is 13.0. The van der Waals surface area contributed by atoms with E-state index in [1.54, 1.807) is 20.4 Å². The second-order valence-corrected chi connectivity index (χ2v) is 7.68. The Morgan fingerprint density at radius 2 is 1.83 bits per heavy atom. The molecule has 1 heterocycles. The molecular formula is C24H27N3O3. The van der Waals surface area contributed by atoms with Crippen LogP contribution in [-0.4, -0.2) is 29.7 Å². The average Bonchev–Trinajstić information content (AvgIpc) is 3.39. The van der Waals surface area contributed by atoms with E-state index in [4.69, 9.17) is 9.47 Å². The van der Waals surface area contributed by atoms with Gasteiger partial charge in [-0.2, -0.15) is 0 Å². The second kappa shape index (κ2) is 8.61. The first-order valence-electron chi connectivity index (χ1n) is 10.2. The molecule has 1 atom stereocenters. The van der Waals surface area contributed by atoms with Gasteiger partial charge in [0, 0.05) is 25.5 Å². The number of fused-ring (bicyclic) bond motifs is 1. The summed E-state index contributed by atoms with van der Waals surface area (Å²) in [6.45, 7) is 0. The molecule has 0 saturated carbocycles. The lowest BCUT2D eigenvalue weighted by atomic mass is 10.0. The molecule has 1 aliphatic carbocycles. The predicted molar refractivity (Wildman–Crippen MR) is 115 cm³/mol. The van der Waals surface area contributed by atoms with Gasteiger partial charge in [0.15, 0.2) is 0 Å². The van der Waals surface area contributed by atoms with Crippen molar-refractivity contribution in [3.63, 3.8) is 0 Å². The van der Waals surface area contributed by atoms with Gasteiger partial charge in [0.25, 0.3) is 0 Å². The molecule has 0 aliphatic heterocycles. The van der Waals surface area contributed by atoms with Crippen LogP contribution in [-0.2, 0) is 31.1 Å². The standard InChI is InChI=1S/C24H27N3O3/c1-27-10-9-25-24(27)23(19-13-20(29-2)15-21(14-19)30-3)26-22(28)12-16-7-8-17-5-4-6-18(17)11-16/h7-11,13-15,23H,4-6,12H2,1-3H3,(H,26,28). The first-order chi connectivity index (χ1) is 14.6.